The van der Waals surface area contributed by atoms with Gasteiger partial charge in [-0.15, -0.1) is 11.3 Å². The highest BCUT2D eigenvalue weighted by atomic mass is 79.9. The molecule has 1 aromatic carbocycles. The monoisotopic (exact) mass is 310 g/mol. The third kappa shape index (κ3) is 3.11. The van der Waals surface area contributed by atoms with Gasteiger partial charge in [-0.3, -0.25) is 0 Å². The summed E-state index contributed by atoms with van der Waals surface area (Å²) in [7, 11) is 0. The molecule has 3 heteroatoms. The van der Waals surface area contributed by atoms with Crippen LogP contribution in [0.4, 0.5) is 0 Å². The van der Waals surface area contributed by atoms with E-state index in [9.17, 15) is 0 Å². The second-order valence-electron chi connectivity index (χ2n) is 4.22. The van der Waals surface area contributed by atoms with Crippen molar-refractivity contribution in [3.05, 3.63) is 49.6 Å². The lowest BCUT2D eigenvalue weighted by Gasteiger charge is -2.11. The number of aryl methyl sites for hydroxylation is 2. The van der Waals surface area contributed by atoms with Crippen molar-refractivity contribution in [2.45, 2.75) is 27.4 Å². The molecule has 0 fully saturated rings. The molecule has 2 rings (SSSR count). The molecule has 1 aromatic heterocycles. The minimum atomic E-state index is 0.639. The smallest absolute Gasteiger partial charge is 0.123 e. The van der Waals surface area contributed by atoms with Gasteiger partial charge in [-0.05, 0) is 65.5 Å². The first kappa shape index (κ1) is 12.7. The van der Waals surface area contributed by atoms with Crippen molar-refractivity contribution in [1.82, 2.24) is 0 Å². The molecule has 0 radical (unpaired) electrons. The minimum absolute atomic E-state index is 0.639. The summed E-state index contributed by atoms with van der Waals surface area (Å²) in [6, 6.07) is 6.39. The fourth-order valence-corrected chi connectivity index (χ4v) is 3.09. The molecule has 0 aliphatic heterocycles. The summed E-state index contributed by atoms with van der Waals surface area (Å²) in [6.07, 6.45) is 0. The first-order valence-corrected chi connectivity index (χ1v) is 7.17. The van der Waals surface area contributed by atoms with E-state index in [0.717, 1.165) is 10.2 Å². The summed E-state index contributed by atoms with van der Waals surface area (Å²) in [6.45, 7) is 6.96. The van der Waals surface area contributed by atoms with Gasteiger partial charge < -0.3 is 4.74 Å². The fraction of sp³-hybridized carbons (Fsp3) is 0.286. The predicted molar refractivity (Wildman–Crippen MR) is 77.0 cm³/mol. The maximum absolute atomic E-state index is 5.89. The van der Waals surface area contributed by atoms with Crippen molar-refractivity contribution in [2.24, 2.45) is 0 Å². The molecule has 0 unspecified atom stereocenters. The molecule has 0 aliphatic carbocycles. The van der Waals surface area contributed by atoms with Crippen molar-refractivity contribution in [3.8, 4) is 5.75 Å². The molecule has 0 amide bonds. The van der Waals surface area contributed by atoms with E-state index < -0.39 is 0 Å². The summed E-state index contributed by atoms with van der Waals surface area (Å²) in [5.74, 6) is 0.993. The van der Waals surface area contributed by atoms with Gasteiger partial charge in [0.2, 0.25) is 0 Å². The first-order chi connectivity index (χ1) is 8.06. The van der Waals surface area contributed by atoms with Crippen LogP contribution in [-0.2, 0) is 6.61 Å². The second kappa shape index (κ2) is 5.23. The molecule has 90 valence electrons. The van der Waals surface area contributed by atoms with Gasteiger partial charge >= 0.3 is 0 Å². The van der Waals surface area contributed by atoms with Crippen LogP contribution in [0.2, 0.25) is 0 Å². The van der Waals surface area contributed by atoms with Gasteiger partial charge in [0.1, 0.15) is 12.4 Å². The maximum Gasteiger partial charge on any atom is 0.123 e. The van der Waals surface area contributed by atoms with Crippen molar-refractivity contribution in [2.75, 3.05) is 0 Å². The van der Waals surface area contributed by atoms with Crippen molar-refractivity contribution < 1.29 is 4.74 Å². The third-order valence-corrected chi connectivity index (χ3v) is 4.43. The Morgan fingerprint density at radius 3 is 2.59 bits per heavy atom. The van der Waals surface area contributed by atoms with Crippen LogP contribution in [0.1, 0.15) is 21.6 Å². The van der Waals surface area contributed by atoms with Gasteiger partial charge in [0.25, 0.3) is 0 Å². The zero-order chi connectivity index (χ0) is 12.4. The van der Waals surface area contributed by atoms with Crippen LogP contribution in [0.5, 0.6) is 5.75 Å². The number of benzene rings is 1. The van der Waals surface area contributed by atoms with Crippen LogP contribution in [0, 0.1) is 20.8 Å². The van der Waals surface area contributed by atoms with Crippen LogP contribution >= 0.6 is 27.3 Å². The van der Waals surface area contributed by atoms with Crippen molar-refractivity contribution in [1.29, 1.82) is 0 Å². The van der Waals surface area contributed by atoms with Crippen LogP contribution < -0.4 is 4.74 Å². The Bertz CT molecular complexity index is 531. The van der Waals surface area contributed by atoms with Gasteiger partial charge in [-0.2, -0.15) is 0 Å². The average molecular weight is 311 g/mol. The molecule has 2 aromatic rings. The molecule has 0 saturated carbocycles. The van der Waals surface area contributed by atoms with Gasteiger partial charge in [-0.25, -0.2) is 0 Å². The molecule has 0 spiro atoms. The molecular weight excluding hydrogens is 296 g/mol. The van der Waals surface area contributed by atoms with E-state index in [4.69, 9.17) is 4.74 Å². The summed E-state index contributed by atoms with van der Waals surface area (Å²) in [5, 5.41) is 2.08. The van der Waals surface area contributed by atoms with E-state index in [0.29, 0.717) is 6.61 Å². The topological polar surface area (TPSA) is 9.23 Å². The summed E-state index contributed by atoms with van der Waals surface area (Å²) >= 11 is 5.16. The number of hydrogen-bond donors (Lipinski definition) is 0. The predicted octanol–water partition coefficient (Wildman–Crippen LogP) is 5.01. The number of thiophene rings is 1. The fourth-order valence-electron chi connectivity index (χ4n) is 1.73. The lowest BCUT2D eigenvalue weighted by molar-refractivity contribution is 0.307. The quantitative estimate of drug-likeness (QED) is 0.774. The van der Waals surface area contributed by atoms with Gasteiger partial charge in [-0.1, -0.05) is 6.07 Å². The molecule has 0 bridgehead atoms. The largest absolute Gasteiger partial charge is 0.488 e. The Labute approximate surface area is 115 Å². The number of halogens is 1. The lowest BCUT2D eigenvalue weighted by Crippen LogP contribution is -1.97. The van der Waals surface area contributed by atoms with Gasteiger partial charge in [0, 0.05) is 14.7 Å². The zero-order valence-corrected chi connectivity index (χ0v) is 12.6. The molecule has 0 aliphatic rings. The highest BCUT2D eigenvalue weighted by Gasteiger charge is 2.05. The minimum Gasteiger partial charge on any atom is -0.488 e. The average Bonchev–Trinajstić information content (AvgIpc) is 2.67. The SMILES string of the molecule is Cc1cc(C)c(C)c(OCc2cc(Br)cs2)c1. The highest BCUT2D eigenvalue weighted by Crippen LogP contribution is 2.26. The lowest BCUT2D eigenvalue weighted by atomic mass is 10.1. The molecular formula is C14H15BrOS. The number of ether oxygens (including phenoxy) is 1. The van der Waals surface area contributed by atoms with E-state index in [2.05, 4.69) is 60.3 Å². The van der Waals surface area contributed by atoms with Crippen molar-refractivity contribution in [3.63, 3.8) is 0 Å². The van der Waals surface area contributed by atoms with Gasteiger partial charge in [0.05, 0.1) is 0 Å². The molecule has 1 heterocycles. The Balaban J connectivity index is 2.14. The summed E-state index contributed by atoms with van der Waals surface area (Å²) in [4.78, 5) is 1.23. The molecule has 0 saturated heterocycles. The zero-order valence-electron chi connectivity index (χ0n) is 10.2. The standard InChI is InChI=1S/C14H15BrOS/c1-9-4-10(2)11(3)14(5-9)16-7-13-6-12(15)8-17-13/h4-6,8H,7H2,1-3H3. The van der Waals surface area contributed by atoms with E-state index >= 15 is 0 Å². The number of hydrogen-bond acceptors (Lipinski definition) is 2. The Morgan fingerprint density at radius 2 is 1.94 bits per heavy atom. The van der Waals surface area contributed by atoms with Crippen molar-refractivity contribution >= 4 is 27.3 Å². The van der Waals surface area contributed by atoms with Crippen LogP contribution in [-0.4, -0.2) is 0 Å². The normalized spacial score (nSPS) is 10.6. The first-order valence-electron chi connectivity index (χ1n) is 5.50. The molecule has 1 nitrogen and oxygen atoms in total. The van der Waals surface area contributed by atoms with Crippen LogP contribution in [0.15, 0.2) is 28.1 Å². The molecule has 0 N–H and O–H groups in total. The maximum atomic E-state index is 5.89. The van der Waals surface area contributed by atoms with Crippen LogP contribution in [0.3, 0.4) is 0 Å². The Morgan fingerprint density at radius 1 is 1.18 bits per heavy atom. The highest BCUT2D eigenvalue weighted by molar-refractivity contribution is 9.10. The second-order valence-corrected chi connectivity index (χ2v) is 6.14. The van der Waals surface area contributed by atoms with E-state index in [1.165, 1.54) is 21.6 Å². The number of rotatable bonds is 3. The Hall–Kier alpha value is -0.800. The third-order valence-electron chi connectivity index (χ3n) is 2.76. The summed E-state index contributed by atoms with van der Waals surface area (Å²) < 4.78 is 7.01. The molecule has 0 atom stereocenters. The van der Waals surface area contributed by atoms with E-state index in [1.807, 2.05) is 0 Å². The van der Waals surface area contributed by atoms with E-state index in [1.54, 1.807) is 11.3 Å². The summed E-state index contributed by atoms with van der Waals surface area (Å²) in [5.41, 5.74) is 3.76. The Kier molecular flexibility index (Phi) is 3.89. The van der Waals surface area contributed by atoms with Gasteiger partial charge in [0.15, 0.2) is 0 Å². The van der Waals surface area contributed by atoms with Crippen LogP contribution in [0.25, 0.3) is 0 Å². The molecule has 17 heavy (non-hydrogen) atoms. The van der Waals surface area contributed by atoms with E-state index in [-0.39, 0.29) is 0 Å².